The number of nitrogens with one attached hydrogen (secondary N) is 2. The second-order valence-corrected chi connectivity index (χ2v) is 7.37. The van der Waals surface area contributed by atoms with Crippen LogP contribution in [0.15, 0.2) is 64.5 Å². The van der Waals surface area contributed by atoms with E-state index in [1.165, 1.54) is 11.8 Å². The summed E-state index contributed by atoms with van der Waals surface area (Å²) in [7, 11) is 0. The van der Waals surface area contributed by atoms with E-state index in [-0.39, 0.29) is 5.91 Å². The lowest BCUT2D eigenvalue weighted by Crippen LogP contribution is -2.42. The van der Waals surface area contributed by atoms with Crippen molar-refractivity contribution in [2.75, 3.05) is 6.54 Å². The third-order valence-electron chi connectivity index (χ3n) is 4.01. The van der Waals surface area contributed by atoms with Crippen molar-refractivity contribution >= 4 is 23.7 Å². The predicted octanol–water partition coefficient (Wildman–Crippen LogP) is 3.52. The molecule has 1 aromatic carbocycles. The standard InChI is InChI=1S/C20H22N4O3S/c1-3-21-19(26)23-18(25)14(2)28-20-22-12-17(15-8-5-4-6-9-15)24(20)13-16-10-7-11-27-16/h4-12,14H,3,13H2,1-2H3,(H2,21,23,25,26)/t14-/m1/s1. The molecule has 0 saturated heterocycles. The Labute approximate surface area is 167 Å². The minimum atomic E-state index is -0.496. The van der Waals surface area contributed by atoms with Crippen LogP contribution in [0.25, 0.3) is 11.3 Å². The quantitative estimate of drug-likeness (QED) is 0.595. The van der Waals surface area contributed by atoms with E-state index in [9.17, 15) is 9.59 Å². The number of carbonyl (C=O) groups is 2. The fraction of sp³-hybridized carbons (Fsp3) is 0.250. The number of urea groups is 1. The van der Waals surface area contributed by atoms with Gasteiger partial charge in [-0.05, 0) is 31.5 Å². The number of thioether (sulfide) groups is 1. The van der Waals surface area contributed by atoms with E-state index in [1.54, 1.807) is 26.3 Å². The molecule has 3 amide bonds. The van der Waals surface area contributed by atoms with Gasteiger partial charge in [0.15, 0.2) is 5.16 Å². The molecule has 1 atom stereocenters. The number of rotatable bonds is 7. The molecule has 7 nitrogen and oxygen atoms in total. The van der Waals surface area contributed by atoms with Gasteiger partial charge in [-0.25, -0.2) is 9.78 Å². The van der Waals surface area contributed by atoms with Crippen molar-refractivity contribution in [3.8, 4) is 11.3 Å². The Morgan fingerprint density at radius 1 is 1.21 bits per heavy atom. The number of furan rings is 1. The van der Waals surface area contributed by atoms with Crippen molar-refractivity contribution in [3.63, 3.8) is 0 Å². The molecule has 0 radical (unpaired) electrons. The summed E-state index contributed by atoms with van der Waals surface area (Å²) in [5.41, 5.74) is 1.95. The lowest BCUT2D eigenvalue weighted by Gasteiger charge is -2.14. The Morgan fingerprint density at radius 3 is 2.68 bits per heavy atom. The molecule has 28 heavy (non-hydrogen) atoms. The maximum Gasteiger partial charge on any atom is 0.321 e. The van der Waals surface area contributed by atoms with Gasteiger partial charge in [-0.15, -0.1) is 0 Å². The van der Waals surface area contributed by atoms with Gasteiger partial charge in [0.2, 0.25) is 5.91 Å². The molecule has 0 aliphatic heterocycles. The third-order valence-corrected chi connectivity index (χ3v) is 5.11. The summed E-state index contributed by atoms with van der Waals surface area (Å²) in [5.74, 6) is 0.418. The molecule has 0 unspecified atom stereocenters. The number of nitrogens with zero attached hydrogens (tertiary/aromatic N) is 2. The summed E-state index contributed by atoms with van der Waals surface area (Å²) in [6, 6.07) is 13.1. The van der Waals surface area contributed by atoms with Crippen LogP contribution in [0.2, 0.25) is 0 Å². The molecule has 3 rings (SSSR count). The van der Waals surface area contributed by atoms with Gasteiger partial charge in [-0.1, -0.05) is 42.1 Å². The van der Waals surface area contributed by atoms with Gasteiger partial charge in [0.25, 0.3) is 0 Å². The fourth-order valence-electron chi connectivity index (χ4n) is 2.63. The van der Waals surface area contributed by atoms with Gasteiger partial charge in [0.1, 0.15) is 5.76 Å². The van der Waals surface area contributed by atoms with Crippen molar-refractivity contribution in [3.05, 3.63) is 60.7 Å². The number of amides is 3. The minimum absolute atomic E-state index is 0.371. The number of benzene rings is 1. The Hall–Kier alpha value is -3.00. The molecule has 0 aliphatic rings. The van der Waals surface area contributed by atoms with Crippen molar-refractivity contribution < 1.29 is 14.0 Å². The van der Waals surface area contributed by atoms with Crippen molar-refractivity contribution in [1.29, 1.82) is 0 Å². The first-order valence-electron chi connectivity index (χ1n) is 8.97. The number of hydrogen-bond donors (Lipinski definition) is 2. The van der Waals surface area contributed by atoms with E-state index in [0.717, 1.165) is 17.0 Å². The number of imide groups is 1. The van der Waals surface area contributed by atoms with E-state index in [0.29, 0.717) is 18.2 Å². The summed E-state index contributed by atoms with van der Waals surface area (Å²) in [6.07, 6.45) is 3.42. The van der Waals surface area contributed by atoms with Gasteiger partial charge in [0, 0.05) is 6.54 Å². The summed E-state index contributed by atoms with van der Waals surface area (Å²) in [6.45, 7) is 4.48. The monoisotopic (exact) mass is 398 g/mol. The average molecular weight is 398 g/mol. The lowest BCUT2D eigenvalue weighted by molar-refractivity contribution is -0.119. The first kappa shape index (κ1) is 19.8. The van der Waals surface area contributed by atoms with Crippen LogP contribution in [0.5, 0.6) is 0 Å². The van der Waals surface area contributed by atoms with Crippen LogP contribution in [0.1, 0.15) is 19.6 Å². The third kappa shape index (κ3) is 4.83. The summed E-state index contributed by atoms with van der Waals surface area (Å²) in [5, 5.41) is 5.07. The molecular formula is C20H22N4O3S. The summed E-state index contributed by atoms with van der Waals surface area (Å²) >= 11 is 1.29. The first-order chi connectivity index (χ1) is 13.6. The summed E-state index contributed by atoms with van der Waals surface area (Å²) in [4.78, 5) is 28.4. The van der Waals surface area contributed by atoms with Crippen molar-refractivity contribution in [2.24, 2.45) is 0 Å². The Bertz CT molecular complexity index is 922. The number of aromatic nitrogens is 2. The van der Waals surface area contributed by atoms with Crippen LogP contribution < -0.4 is 10.6 Å². The van der Waals surface area contributed by atoms with Crippen LogP contribution in [0, 0.1) is 0 Å². The molecule has 8 heteroatoms. The van der Waals surface area contributed by atoms with Gasteiger partial charge < -0.3 is 14.3 Å². The molecule has 0 spiro atoms. The van der Waals surface area contributed by atoms with E-state index in [1.807, 2.05) is 47.0 Å². The second kappa shape index (κ2) is 9.27. The number of imidazole rings is 1. The van der Waals surface area contributed by atoms with E-state index >= 15 is 0 Å². The fourth-order valence-corrected chi connectivity index (χ4v) is 3.52. The van der Waals surface area contributed by atoms with E-state index in [4.69, 9.17) is 4.42 Å². The van der Waals surface area contributed by atoms with Crippen LogP contribution >= 0.6 is 11.8 Å². The van der Waals surface area contributed by atoms with Gasteiger partial charge in [-0.2, -0.15) is 0 Å². The number of hydrogen-bond acceptors (Lipinski definition) is 5. The molecule has 146 valence electrons. The molecule has 0 fully saturated rings. The highest BCUT2D eigenvalue weighted by molar-refractivity contribution is 8.00. The molecule has 0 aliphatic carbocycles. The highest BCUT2D eigenvalue weighted by Crippen LogP contribution is 2.29. The highest BCUT2D eigenvalue weighted by Gasteiger charge is 2.21. The van der Waals surface area contributed by atoms with Gasteiger partial charge >= 0.3 is 6.03 Å². The second-order valence-electron chi connectivity index (χ2n) is 6.07. The molecule has 3 aromatic rings. The predicted molar refractivity (Wildman–Crippen MR) is 108 cm³/mol. The number of carbonyl (C=O) groups excluding carboxylic acids is 2. The maximum atomic E-state index is 12.3. The molecular weight excluding hydrogens is 376 g/mol. The minimum Gasteiger partial charge on any atom is -0.467 e. The van der Waals surface area contributed by atoms with Crippen LogP contribution in [-0.4, -0.2) is 33.3 Å². The SMILES string of the molecule is CCNC(=O)NC(=O)[C@@H](C)Sc1ncc(-c2ccccc2)n1Cc1ccco1. The molecule has 0 saturated carbocycles. The average Bonchev–Trinajstić information content (AvgIpc) is 3.33. The van der Waals surface area contributed by atoms with Crippen molar-refractivity contribution in [2.45, 2.75) is 30.8 Å². The normalized spacial score (nSPS) is 11.8. The Morgan fingerprint density at radius 2 is 2.00 bits per heavy atom. The zero-order chi connectivity index (χ0) is 19.9. The molecule has 2 N–H and O–H groups in total. The largest absolute Gasteiger partial charge is 0.467 e. The van der Waals surface area contributed by atoms with Gasteiger partial charge in [0.05, 0.1) is 29.9 Å². The maximum absolute atomic E-state index is 12.3. The lowest BCUT2D eigenvalue weighted by atomic mass is 10.2. The Kier molecular flexibility index (Phi) is 6.54. The summed E-state index contributed by atoms with van der Waals surface area (Å²) < 4.78 is 7.50. The van der Waals surface area contributed by atoms with Gasteiger partial charge in [-0.3, -0.25) is 10.1 Å². The van der Waals surface area contributed by atoms with E-state index < -0.39 is 11.3 Å². The topological polar surface area (TPSA) is 89.2 Å². The van der Waals surface area contributed by atoms with Crippen LogP contribution in [0.3, 0.4) is 0 Å². The van der Waals surface area contributed by atoms with E-state index in [2.05, 4.69) is 15.6 Å². The van der Waals surface area contributed by atoms with Crippen LogP contribution in [-0.2, 0) is 11.3 Å². The zero-order valence-electron chi connectivity index (χ0n) is 15.7. The Balaban J connectivity index is 1.83. The van der Waals surface area contributed by atoms with Crippen LogP contribution in [0.4, 0.5) is 4.79 Å². The molecule has 2 heterocycles. The smallest absolute Gasteiger partial charge is 0.321 e. The molecule has 0 bridgehead atoms. The van der Waals surface area contributed by atoms with Crippen molar-refractivity contribution in [1.82, 2.24) is 20.2 Å². The molecule has 2 aromatic heterocycles. The zero-order valence-corrected chi connectivity index (χ0v) is 16.5. The highest BCUT2D eigenvalue weighted by atomic mass is 32.2. The first-order valence-corrected chi connectivity index (χ1v) is 9.85.